The second-order valence-electron chi connectivity index (χ2n) is 4.82. The van der Waals surface area contributed by atoms with Gasteiger partial charge in [-0.25, -0.2) is 18.4 Å². The Kier molecular flexibility index (Phi) is 4.42. The van der Waals surface area contributed by atoms with Gasteiger partial charge in [-0.1, -0.05) is 0 Å². The van der Waals surface area contributed by atoms with Crippen molar-refractivity contribution in [2.45, 2.75) is 32.0 Å². The number of rotatable bonds is 4. The van der Waals surface area contributed by atoms with Crippen molar-refractivity contribution < 1.29 is 30.7 Å². The normalized spacial score (nSPS) is 12.9. The number of nitrogen functional groups attached to an aromatic ring is 1. The Morgan fingerprint density at radius 1 is 1.12 bits per heavy atom. The summed E-state index contributed by atoms with van der Waals surface area (Å²) in [6.07, 6.45) is -9.40. The number of aromatic nitrogens is 4. The predicted molar refractivity (Wildman–Crippen MR) is 67.4 cm³/mol. The molecule has 0 atom stereocenters. The van der Waals surface area contributed by atoms with Gasteiger partial charge < -0.3 is 5.73 Å². The number of alkyl halides is 7. The highest BCUT2D eigenvalue weighted by Gasteiger charge is 2.49. The Bertz CT molecular complexity index is 738. The Balaban J connectivity index is 2.48. The van der Waals surface area contributed by atoms with Crippen molar-refractivity contribution in [1.82, 2.24) is 19.7 Å². The number of nitrogens with two attached hydrogens (primary N) is 1. The molecule has 0 spiro atoms. The van der Waals surface area contributed by atoms with E-state index in [4.69, 9.17) is 5.73 Å². The van der Waals surface area contributed by atoms with Crippen LogP contribution in [0.25, 0.3) is 0 Å². The second kappa shape index (κ2) is 5.91. The molecule has 0 fully saturated rings. The van der Waals surface area contributed by atoms with E-state index in [1.807, 2.05) is 0 Å². The number of aryl methyl sites for hydroxylation is 1. The Morgan fingerprint density at radius 3 is 2.25 bits per heavy atom. The van der Waals surface area contributed by atoms with E-state index in [0.717, 1.165) is 0 Å². The third-order valence-corrected chi connectivity index (χ3v) is 2.99. The van der Waals surface area contributed by atoms with E-state index in [9.17, 15) is 30.7 Å². The van der Waals surface area contributed by atoms with Gasteiger partial charge in [-0.15, -0.1) is 5.10 Å². The molecule has 2 N–H and O–H groups in total. The van der Waals surface area contributed by atoms with Gasteiger partial charge in [-0.2, -0.15) is 22.0 Å². The molecule has 0 unspecified atom stereocenters. The zero-order valence-electron chi connectivity index (χ0n) is 12.0. The van der Waals surface area contributed by atoms with E-state index < -0.39 is 36.7 Å². The van der Waals surface area contributed by atoms with Gasteiger partial charge in [0.15, 0.2) is 0 Å². The number of hydrogen-bond donors (Lipinski definition) is 1. The SMILES string of the molecule is Cc1nc(Cn2nc(C(F)(F)C(F)F)nc2C(F)(F)F)ccc1N. The van der Waals surface area contributed by atoms with Crippen LogP contribution in [0.5, 0.6) is 0 Å². The molecule has 0 aliphatic rings. The molecule has 0 radical (unpaired) electrons. The zero-order valence-corrected chi connectivity index (χ0v) is 12.0. The first-order valence-corrected chi connectivity index (χ1v) is 6.33. The Morgan fingerprint density at radius 2 is 1.75 bits per heavy atom. The first-order valence-electron chi connectivity index (χ1n) is 6.33. The van der Waals surface area contributed by atoms with Gasteiger partial charge in [0.1, 0.15) is 0 Å². The molecule has 12 heteroatoms. The van der Waals surface area contributed by atoms with Gasteiger partial charge in [-0.3, -0.25) is 4.98 Å². The number of anilines is 1. The quantitative estimate of drug-likeness (QED) is 0.854. The first kappa shape index (κ1) is 17.9. The van der Waals surface area contributed by atoms with Gasteiger partial charge in [-0.05, 0) is 19.1 Å². The lowest BCUT2D eigenvalue weighted by Gasteiger charge is -2.10. The molecule has 24 heavy (non-hydrogen) atoms. The van der Waals surface area contributed by atoms with Gasteiger partial charge >= 0.3 is 18.5 Å². The smallest absolute Gasteiger partial charge is 0.397 e. The first-order chi connectivity index (χ1) is 10.9. The van der Waals surface area contributed by atoms with Crippen molar-refractivity contribution in [2.75, 3.05) is 5.73 Å². The van der Waals surface area contributed by atoms with Crippen LogP contribution in [0.3, 0.4) is 0 Å². The minimum absolute atomic E-state index is 0.0176. The fourth-order valence-corrected chi connectivity index (χ4v) is 1.77. The van der Waals surface area contributed by atoms with Crippen molar-refractivity contribution in [3.05, 3.63) is 35.2 Å². The summed E-state index contributed by atoms with van der Waals surface area (Å²) < 4.78 is 89.8. The molecule has 0 bridgehead atoms. The summed E-state index contributed by atoms with van der Waals surface area (Å²) in [6, 6.07) is 2.62. The molecule has 0 saturated carbocycles. The molecule has 2 heterocycles. The summed E-state index contributed by atoms with van der Waals surface area (Å²) in [5.74, 6) is -8.64. The monoisotopic (exact) mass is 357 g/mol. The minimum Gasteiger partial charge on any atom is -0.397 e. The minimum atomic E-state index is -5.16. The van der Waals surface area contributed by atoms with Crippen molar-refractivity contribution >= 4 is 5.69 Å². The van der Waals surface area contributed by atoms with Crippen LogP contribution in [0.15, 0.2) is 12.1 Å². The number of pyridine rings is 1. The lowest BCUT2D eigenvalue weighted by atomic mass is 10.2. The van der Waals surface area contributed by atoms with Crippen LogP contribution in [-0.2, 0) is 18.6 Å². The maximum absolute atomic E-state index is 13.2. The van der Waals surface area contributed by atoms with Crippen LogP contribution in [0, 0.1) is 6.92 Å². The van der Waals surface area contributed by atoms with Crippen LogP contribution in [0.4, 0.5) is 36.4 Å². The van der Waals surface area contributed by atoms with Gasteiger partial charge in [0, 0.05) is 0 Å². The molecule has 2 rings (SSSR count). The third-order valence-electron chi connectivity index (χ3n) is 2.99. The van der Waals surface area contributed by atoms with E-state index in [0.29, 0.717) is 5.69 Å². The average Bonchev–Trinajstić information content (AvgIpc) is 2.87. The molecule has 0 saturated heterocycles. The highest BCUT2D eigenvalue weighted by atomic mass is 19.4. The molecule has 2 aromatic heterocycles. The molecule has 0 aliphatic heterocycles. The van der Waals surface area contributed by atoms with Crippen molar-refractivity contribution in [2.24, 2.45) is 0 Å². The van der Waals surface area contributed by atoms with Crippen molar-refractivity contribution in [3.8, 4) is 0 Å². The van der Waals surface area contributed by atoms with E-state index >= 15 is 0 Å². The largest absolute Gasteiger partial charge is 0.451 e. The fourth-order valence-electron chi connectivity index (χ4n) is 1.77. The van der Waals surface area contributed by atoms with Crippen molar-refractivity contribution in [1.29, 1.82) is 0 Å². The molecule has 2 aromatic rings. The average molecular weight is 357 g/mol. The molecule has 0 amide bonds. The maximum atomic E-state index is 13.2. The summed E-state index contributed by atoms with van der Waals surface area (Å²) >= 11 is 0. The molecule has 0 aliphatic carbocycles. The predicted octanol–water partition coefficient (Wildman–Crippen LogP) is 2.99. The van der Waals surface area contributed by atoms with E-state index in [1.54, 1.807) is 0 Å². The van der Waals surface area contributed by atoms with Gasteiger partial charge in [0.2, 0.25) is 11.6 Å². The van der Waals surface area contributed by atoms with E-state index in [1.165, 1.54) is 19.1 Å². The van der Waals surface area contributed by atoms with Crippen LogP contribution >= 0.6 is 0 Å². The molecule has 132 valence electrons. The summed E-state index contributed by atoms with van der Waals surface area (Å²) in [6.45, 7) is 0.795. The Labute approximate surface area is 130 Å². The van der Waals surface area contributed by atoms with Crippen LogP contribution in [-0.4, -0.2) is 26.2 Å². The summed E-state index contributed by atoms with van der Waals surface area (Å²) in [5, 5.41) is 2.90. The molecular formula is C12H10F7N5. The second-order valence-corrected chi connectivity index (χ2v) is 4.82. The van der Waals surface area contributed by atoms with E-state index in [2.05, 4.69) is 15.1 Å². The van der Waals surface area contributed by atoms with E-state index in [-0.39, 0.29) is 16.1 Å². The molecular weight excluding hydrogens is 347 g/mol. The van der Waals surface area contributed by atoms with Crippen LogP contribution in [0.2, 0.25) is 0 Å². The summed E-state index contributed by atoms with van der Waals surface area (Å²) in [7, 11) is 0. The summed E-state index contributed by atoms with van der Waals surface area (Å²) in [4.78, 5) is 6.44. The summed E-state index contributed by atoms with van der Waals surface area (Å²) in [5.41, 5.74) is 6.11. The topological polar surface area (TPSA) is 69.6 Å². The van der Waals surface area contributed by atoms with Crippen molar-refractivity contribution in [3.63, 3.8) is 0 Å². The number of hydrogen-bond acceptors (Lipinski definition) is 4. The van der Waals surface area contributed by atoms with Crippen LogP contribution in [0.1, 0.15) is 23.0 Å². The van der Waals surface area contributed by atoms with Crippen LogP contribution < -0.4 is 5.73 Å². The zero-order chi connectivity index (χ0) is 18.3. The maximum Gasteiger partial charge on any atom is 0.451 e. The number of nitrogens with zero attached hydrogens (tertiary/aromatic N) is 4. The molecule has 0 aromatic carbocycles. The highest BCUT2D eigenvalue weighted by Crippen LogP contribution is 2.35. The Hall–Kier alpha value is -2.40. The highest BCUT2D eigenvalue weighted by molar-refractivity contribution is 5.42. The molecule has 5 nitrogen and oxygen atoms in total. The van der Waals surface area contributed by atoms with Gasteiger partial charge in [0.25, 0.3) is 0 Å². The number of halogens is 7. The van der Waals surface area contributed by atoms with Gasteiger partial charge in [0.05, 0.1) is 23.6 Å². The fraction of sp³-hybridized carbons (Fsp3) is 0.417. The standard InChI is InChI=1S/C12H10F7N5/c1-5-7(20)3-2-6(21-5)4-24-10(12(17,18)19)22-9(23-24)11(15,16)8(13)14/h2-3,8H,4,20H2,1H3. The lowest BCUT2D eigenvalue weighted by Crippen LogP contribution is -2.25. The lowest BCUT2D eigenvalue weighted by molar-refractivity contribution is -0.149. The third kappa shape index (κ3) is 3.41.